The van der Waals surface area contributed by atoms with E-state index in [4.69, 9.17) is 4.74 Å². The van der Waals surface area contributed by atoms with E-state index < -0.39 is 12.3 Å². The highest BCUT2D eigenvalue weighted by Crippen LogP contribution is 2.41. The van der Waals surface area contributed by atoms with Crippen LogP contribution in [0.4, 0.5) is 13.2 Å². The summed E-state index contributed by atoms with van der Waals surface area (Å²) in [4.78, 5) is 0. The van der Waals surface area contributed by atoms with Crippen molar-refractivity contribution in [3.8, 4) is 5.75 Å². The summed E-state index contributed by atoms with van der Waals surface area (Å²) in [6, 6.07) is 12.6. The van der Waals surface area contributed by atoms with Crippen LogP contribution < -0.4 is 4.74 Å². The maximum atomic E-state index is 14.9. The lowest BCUT2D eigenvalue weighted by atomic mass is 9.76. The van der Waals surface area contributed by atoms with Crippen LogP contribution in [0.25, 0.3) is 5.57 Å². The minimum Gasteiger partial charge on any atom is -0.497 e. The van der Waals surface area contributed by atoms with Gasteiger partial charge in [-0.3, -0.25) is 0 Å². The van der Waals surface area contributed by atoms with Crippen molar-refractivity contribution >= 4 is 5.57 Å². The molecule has 2 aliphatic rings. The molecule has 0 saturated heterocycles. The lowest BCUT2D eigenvalue weighted by Crippen LogP contribution is -2.24. The maximum Gasteiger partial charge on any atom is 0.161 e. The van der Waals surface area contributed by atoms with Gasteiger partial charge in [-0.1, -0.05) is 48.0 Å². The van der Waals surface area contributed by atoms with Crippen molar-refractivity contribution in [1.29, 1.82) is 0 Å². The Morgan fingerprint density at radius 3 is 2.28 bits per heavy atom. The summed E-state index contributed by atoms with van der Waals surface area (Å²) in [5.41, 5.74) is 3.57. The summed E-state index contributed by atoms with van der Waals surface area (Å²) in [6.45, 7) is 1.98. The van der Waals surface area contributed by atoms with Crippen LogP contribution >= 0.6 is 0 Å². The second-order valence-electron chi connectivity index (χ2n) is 9.18. The van der Waals surface area contributed by atoms with Crippen molar-refractivity contribution in [2.24, 2.45) is 5.92 Å². The fraction of sp³-hybridized carbons (Fsp3) is 0.429. The Bertz CT molecular complexity index is 984. The van der Waals surface area contributed by atoms with Gasteiger partial charge in [0.25, 0.3) is 0 Å². The number of benzene rings is 2. The molecule has 1 fully saturated rings. The van der Waals surface area contributed by atoms with Crippen LogP contribution in [0.2, 0.25) is 0 Å². The molecular formula is C28H31F3O. The van der Waals surface area contributed by atoms with Crippen LogP contribution in [-0.4, -0.2) is 19.5 Å². The third-order valence-electron chi connectivity index (χ3n) is 7.11. The Labute approximate surface area is 189 Å². The topological polar surface area (TPSA) is 9.23 Å². The number of aryl methyl sites for hydroxylation is 1. The summed E-state index contributed by atoms with van der Waals surface area (Å²) in [7, 11) is 1.54. The van der Waals surface area contributed by atoms with Crippen LogP contribution in [0.15, 0.2) is 60.2 Å². The number of allylic oxidation sites excluding steroid dienone is 4. The molecule has 1 nitrogen and oxygen atoms in total. The molecule has 0 N–H and O–H groups in total. The second-order valence-corrected chi connectivity index (χ2v) is 9.18. The first-order chi connectivity index (χ1) is 15.5. The number of ether oxygens (including phenoxy) is 1. The Morgan fingerprint density at radius 1 is 0.906 bits per heavy atom. The van der Waals surface area contributed by atoms with Gasteiger partial charge in [-0.15, -0.1) is 0 Å². The highest BCUT2D eigenvalue weighted by Gasteiger charge is 2.32. The zero-order valence-corrected chi connectivity index (χ0v) is 18.8. The van der Waals surface area contributed by atoms with Gasteiger partial charge in [0.15, 0.2) is 12.3 Å². The van der Waals surface area contributed by atoms with E-state index in [2.05, 4.69) is 0 Å². The Balaban J connectivity index is 1.33. The quantitative estimate of drug-likeness (QED) is 0.444. The fourth-order valence-electron chi connectivity index (χ4n) is 5.05. The van der Waals surface area contributed by atoms with Crippen LogP contribution in [0.1, 0.15) is 61.1 Å². The van der Waals surface area contributed by atoms with Gasteiger partial charge in [-0.05, 0) is 85.6 Å². The predicted octanol–water partition coefficient (Wildman–Crippen LogP) is 7.90. The first-order valence-corrected chi connectivity index (χ1v) is 11.6. The monoisotopic (exact) mass is 440 g/mol. The molecule has 0 aromatic heterocycles. The van der Waals surface area contributed by atoms with E-state index in [9.17, 15) is 13.2 Å². The molecule has 2 aromatic rings. The molecule has 4 rings (SSSR count). The molecule has 2 atom stereocenters. The Morgan fingerprint density at radius 2 is 1.62 bits per heavy atom. The SMILES string of the molecule is COc1ccc(C2CCC(CCC3=CC=C(c4ccc(C)cc4)C(F)C3F)CC2)c(F)c1. The zero-order chi connectivity index (χ0) is 22.7. The van der Waals surface area contributed by atoms with E-state index in [1.165, 1.54) is 13.2 Å². The number of methoxy groups -OCH3 is 1. The van der Waals surface area contributed by atoms with Gasteiger partial charge in [0, 0.05) is 6.07 Å². The predicted molar refractivity (Wildman–Crippen MR) is 124 cm³/mol. The van der Waals surface area contributed by atoms with Gasteiger partial charge in [-0.2, -0.15) is 0 Å². The fourth-order valence-corrected chi connectivity index (χ4v) is 5.05. The van der Waals surface area contributed by atoms with Gasteiger partial charge in [0.05, 0.1) is 7.11 Å². The molecule has 0 heterocycles. The molecule has 32 heavy (non-hydrogen) atoms. The molecule has 0 spiro atoms. The molecule has 0 radical (unpaired) electrons. The minimum atomic E-state index is -1.62. The number of halogens is 3. The Kier molecular flexibility index (Phi) is 7.07. The molecule has 1 saturated carbocycles. The summed E-state index contributed by atoms with van der Waals surface area (Å²) >= 11 is 0. The first-order valence-electron chi connectivity index (χ1n) is 11.6. The molecule has 2 aromatic carbocycles. The molecule has 0 bridgehead atoms. The zero-order valence-electron chi connectivity index (χ0n) is 18.8. The van der Waals surface area contributed by atoms with Crippen molar-refractivity contribution in [2.75, 3.05) is 7.11 Å². The summed E-state index contributed by atoms with van der Waals surface area (Å²) in [5, 5.41) is 0. The van der Waals surface area contributed by atoms with Crippen LogP contribution in [0, 0.1) is 18.7 Å². The first kappa shape index (κ1) is 22.7. The average Bonchev–Trinajstić information content (AvgIpc) is 2.81. The normalized spacial score (nSPS) is 25.8. The van der Waals surface area contributed by atoms with E-state index in [0.29, 0.717) is 29.2 Å². The highest BCUT2D eigenvalue weighted by atomic mass is 19.2. The lowest BCUT2D eigenvalue weighted by molar-refractivity contribution is 0.232. The van der Waals surface area contributed by atoms with Gasteiger partial charge >= 0.3 is 0 Å². The van der Waals surface area contributed by atoms with Crippen molar-refractivity contribution in [3.63, 3.8) is 0 Å². The van der Waals surface area contributed by atoms with E-state index in [0.717, 1.165) is 48.8 Å². The number of hydrogen-bond acceptors (Lipinski definition) is 1. The molecular weight excluding hydrogens is 409 g/mol. The maximum absolute atomic E-state index is 14.9. The molecule has 170 valence electrons. The van der Waals surface area contributed by atoms with E-state index >= 15 is 0 Å². The number of rotatable bonds is 6. The average molecular weight is 441 g/mol. The van der Waals surface area contributed by atoms with Crippen molar-refractivity contribution in [1.82, 2.24) is 0 Å². The Hall–Kier alpha value is -2.49. The van der Waals surface area contributed by atoms with E-state index in [1.807, 2.05) is 43.3 Å². The van der Waals surface area contributed by atoms with E-state index in [-0.39, 0.29) is 11.7 Å². The smallest absolute Gasteiger partial charge is 0.161 e. The molecule has 4 heteroatoms. The number of alkyl halides is 2. The molecule has 2 unspecified atom stereocenters. The largest absolute Gasteiger partial charge is 0.497 e. The second kappa shape index (κ2) is 9.97. The lowest BCUT2D eigenvalue weighted by Gasteiger charge is -2.30. The van der Waals surface area contributed by atoms with Gasteiger partial charge in [0.2, 0.25) is 0 Å². The van der Waals surface area contributed by atoms with Crippen LogP contribution in [0.3, 0.4) is 0 Å². The third kappa shape index (κ3) is 4.95. The van der Waals surface area contributed by atoms with Gasteiger partial charge in [-0.25, -0.2) is 13.2 Å². The van der Waals surface area contributed by atoms with Crippen molar-refractivity contribution in [2.45, 2.75) is 63.7 Å². The minimum absolute atomic E-state index is 0.203. The van der Waals surface area contributed by atoms with Crippen molar-refractivity contribution in [3.05, 3.63) is 82.7 Å². The third-order valence-corrected chi connectivity index (χ3v) is 7.11. The van der Waals surface area contributed by atoms with E-state index in [1.54, 1.807) is 12.2 Å². The van der Waals surface area contributed by atoms with Gasteiger partial charge < -0.3 is 4.74 Å². The summed E-state index contributed by atoms with van der Waals surface area (Å²) in [6.07, 6.45) is 5.57. The van der Waals surface area contributed by atoms with Crippen molar-refractivity contribution < 1.29 is 17.9 Å². The summed E-state index contributed by atoms with van der Waals surface area (Å²) in [5.74, 6) is 1.02. The van der Waals surface area contributed by atoms with Gasteiger partial charge in [0.1, 0.15) is 11.6 Å². The van der Waals surface area contributed by atoms with Crippen LogP contribution in [-0.2, 0) is 0 Å². The van der Waals surface area contributed by atoms with Crippen LogP contribution in [0.5, 0.6) is 5.75 Å². The highest BCUT2D eigenvalue weighted by molar-refractivity contribution is 5.73. The molecule has 0 aliphatic heterocycles. The summed E-state index contributed by atoms with van der Waals surface area (Å²) < 4.78 is 49.2. The number of hydrogen-bond donors (Lipinski definition) is 0. The molecule has 2 aliphatic carbocycles. The standard InChI is InChI=1S/C28H31F3O/c1-18-3-8-21(9-4-18)25-15-13-22(27(30)28(25)31)12-7-19-5-10-20(11-6-19)24-16-14-23(32-2)17-26(24)29/h3-4,8-9,13-17,19-20,27-28H,5-7,10-12H2,1-2H3. The molecule has 0 amide bonds.